The Morgan fingerprint density at radius 3 is 2.37 bits per heavy atom. The topological polar surface area (TPSA) is 48.8 Å². The van der Waals surface area contributed by atoms with Gasteiger partial charge in [0.25, 0.3) is 0 Å². The zero-order valence-corrected chi connectivity index (χ0v) is 17.5. The molecular formula is C24H27N3O3. The Morgan fingerprint density at radius 1 is 0.967 bits per heavy atom. The van der Waals surface area contributed by atoms with Gasteiger partial charge in [0.15, 0.2) is 0 Å². The molecule has 156 valence electrons. The minimum absolute atomic E-state index is 0.151. The number of rotatable bonds is 5. The Morgan fingerprint density at radius 2 is 1.67 bits per heavy atom. The van der Waals surface area contributed by atoms with Gasteiger partial charge in [-0.05, 0) is 48.4 Å². The van der Waals surface area contributed by atoms with Gasteiger partial charge in [-0.3, -0.25) is 4.90 Å². The second-order valence-corrected chi connectivity index (χ2v) is 8.15. The lowest BCUT2D eigenvalue weighted by atomic mass is 10.0. The van der Waals surface area contributed by atoms with Gasteiger partial charge >= 0.3 is 0 Å². The maximum atomic E-state index is 6.38. The van der Waals surface area contributed by atoms with Crippen LogP contribution in [0, 0.1) is 0 Å². The average Bonchev–Trinajstić information content (AvgIpc) is 3.38. The number of benzene rings is 2. The summed E-state index contributed by atoms with van der Waals surface area (Å²) in [5, 5.41) is 0. The molecule has 2 aliphatic heterocycles. The van der Waals surface area contributed by atoms with Crippen LogP contribution in [-0.2, 0) is 24.4 Å². The minimum Gasteiger partial charge on any atom is -0.497 e. The van der Waals surface area contributed by atoms with Gasteiger partial charge in [0, 0.05) is 25.2 Å². The molecule has 0 saturated carbocycles. The van der Waals surface area contributed by atoms with Crippen molar-refractivity contribution in [3.8, 4) is 22.8 Å². The van der Waals surface area contributed by atoms with Crippen molar-refractivity contribution in [2.75, 3.05) is 27.3 Å². The monoisotopic (exact) mass is 405 g/mol. The first kappa shape index (κ1) is 19.2. The molecule has 0 N–H and O–H groups in total. The second kappa shape index (κ2) is 7.78. The van der Waals surface area contributed by atoms with Crippen molar-refractivity contribution >= 4 is 0 Å². The second-order valence-electron chi connectivity index (χ2n) is 8.15. The molecule has 3 heterocycles. The van der Waals surface area contributed by atoms with Crippen molar-refractivity contribution in [1.29, 1.82) is 0 Å². The highest BCUT2D eigenvalue weighted by molar-refractivity contribution is 5.60. The average molecular weight is 405 g/mol. The lowest BCUT2D eigenvalue weighted by Crippen LogP contribution is -2.44. The minimum atomic E-state index is -0.151. The van der Waals surface area contributed by atoms with Gasteiger partial charge in [-0.1, -0.05) is 12.1 Å². The summed E-state index contributed by atoms with van der Waals surface area (Å²) in [4.78, 5) is 7.10. The number of nitrogens with zero attached hydrogens (tertiary/aromatic N) is 3. The molecule has 6 heteroatoms. The first-order valence-electron chi connectivity index (χ1n) is 10.4. The van der Waals surface area contributed by atoms with Crippen molar-refractivity contribution < 1.29 is 14.2 Å². The zero-order valence-electron chi connectivity index (χ0n) is 17.5. The van der Waals surface area contributed by atoms with Crippen molar-refractivity contribution in [3.05, 3.63) is 66.1 Å². The van der Waals surface area contributed by atoms with Gasteiger partial charge in [0.1, 0.15) is 29.5 Å². The van der Waals surface area contributed by atoms with Gasteiger partial charge in [-0.2, -0.15) is 0 Å². The SMILES string of the molecule is COc1ccc(CN2CCC3(C2)Cn2c(-c4ccc(OC)cc4)cnc2CO3)cc1. The van der Waals surface area contributed by atoms with Crippen LogP contribution in [0.15, 0.2) is 54.7 Å². The lowest BCUT2D eigenvalue weighted by molar-refractivity contribution is -0.0821. The fraction of sp³-hybridized carbons (Fsp3) is 0.375. The van der Waals surface area contributed by atoms with Crippen molar-refractivity contribution in [2.45, 2.75) is 31.7 Å². The third-order valence-corrected chi connectivity index (χ3v) is 6.24. The highest BCUT2D eigenvalue weighted by Gasteiger charge is 2.43. The van der Waals surface area contributed by atoms with Gasteiger partial charge in [-0.25, -0.2) is 4.98 Å². The normalized spacial score (nSPS) is 21.0. The molecule has 1 aromatic heterocycles. The first-order valence-corrected chi connectivity index (χ1v) is 10.4. The largest absolute Gasteiger partial charge is 0.497 e. The Kier molecular flexibility index (Phi) is 4.97. The van der Waals surface area contributed by atoms with E-state index in [-0.39, 0.29) is 5.60 Å². The van der Waals surface area contributed by atoms with Crippen LogP contribution in [0.5, 0.6) is 11.5 Å². The summed E-state index contributed by atoms with van der Waals surface area (Å²) in [5.41, 5.74) is 3.44. The number of aromatic nitrogens is 2. The molecule has 6 nitrogen and oxygen atoms in total. The van der Waals surface area contributed by atoms with E-state index in [2.05, 4.69) is 38.7 Å². The number of hydrogen-bond donors (Lipinski definition) is 0. The van der Waals surface area contributed by atoms with Crippen LogP contribution in [0.3, 0.4) is 0 Å². The van der Waals surface area contributed by atoms with E-state index >= 15 is 0 Å². The quantitative estimate of drug-likeness (QED) is 0.647. The third kappa shape index (κ3) is 3.57. The molecule has 0 aliphatic carbocycles. The van der Waals surface area contributed by atoms with E-state index in [1.54, 1.807) is 14.2 Å². The molecule has 2 aromatic carbocycles. The van der Waals surface area contributed by atoms with Crippen molar-refractivity contribution in [1.82, 2.24) is 14.5 Å². The molecule has 2 aliphatic rings. The number of hydrogen-bond acceptors (Lipinski definition) is 5. The summed E-state index contributed by atoms with van der Waals surface area (Å²) in [6.45, 7) is 4.29. The van der Waals surface area contributed by atoms with Gasteiger partial charge < -0.3 is 18.8 Å². The van der Waals surface area contributed by atoms with E-state index in [0.29, 0.717) is 6.61 Å². The molecule has 1 atom stereocenters. The predicted molar refractivity (Wildman–Crippen MR) is 115 cm³/mol. The van der Waals surface area contributed by atoms with E-state index in [9.17, 15) is 0 Å². The van der Waals surface area contributed by atoms with Crippen molar-refractivity contribution in [3.63, 3.8) is 0 Å². The number of ether oxygens (including phenoxy) is 3. The van der Waals surface area contributed by atoms with Crippen molar-refractivity contribution in [2.24, 2.45) is 0 Å². The summed E-state index contributed by atoms with van der Waals surface area (Å²) in [7, 11) is 3.39. The number of methoxy groups -OCH3 is 2. The third-order valence-electron chi connectivity index (χ3n) is 6.24. The Hall–Kier alpha value is -2.83. The molecule has 1 fully saturated rings. The van der Waals surface area contributed by atoms with E-state index in [0.717, 1.165) is 61.2 Å². The molecular weight excluding hydrogens is 378 g/mol. The van der Waals surface area contributed by atoms with E-state index in [4.69, 9.17) is 14.2 Å². The van der Waals surface area contributed by atoms with Crippen LogP contribution < -0.4 is 9.47 Å². The highest BCUT2D eigenvalue weighted by Crippen LogP contribution is 2.36. The summed E-state index contributed by atoms with van der Waals surface area (Å²) in [6.07, 6.45) is 2.99. The Labute approximate surface area is 177 Å². The molecule has 0 bridgehead atoms. The summed E-state index contributed by atoms with van der Waals surface area (Å²) < 4.78 is 19.3. The fourth-order valence-electron chi connectivity index (χ4n) is 4.55. The number of imidazole rings is 1. The summed E-state index contributed by atoms with van der Waals surface area (Å²) >= 11 is 0. The molecule has 0 radical (unpaired) electrons. The van der Waals surface area contributed by atoms with E-state index in [1.165, 1.54) is 5.56 Å². The molecule has 1 unspecified atom stereocenters. The number of likely N-dealkylation sites (tertiary alicyclic amines) is 1. The van der Waals surface area contributed by atoms with Crippen LogP contribution in [0.1, 0.15) is 17.8 Å². The first-order chi connectivity index (χ1) is 14.7. The van der Waals surface area contributed by atoms with Gasteiger partial charge in [0.05, 0.1) is 32.7 Å². The summed E-state index contributed by atoms with van der Waals surface area (Å²) in [6, 6.07) is 16.5. The maximum Gasteiger partial charge on any atom is 0.135 e. The number of fused-ring (bicyclic) bond motifs is 1. The molecule has 5 rings (SSSR count). The molecule has 1 saturated heterocycles. The van der Waals surface area contributed by atoms with Crippen LogP contribution >= 0.6 is 0 Å². The fourth-order valence-corrected chi connectivity index (χ4v) is 4.55. The Bertz CT molecular complexity index is 1010. The smallest absolute Gasteiger partial charge is 0.135 e. The van der Waals surface area contributed by atoms with Crippen LogP contribution in [0.4, 0.5) is 0 Å². The maximum absolute atomic E-state index is 6.38. The van der Waals surface area contributed by atoms with Crippen LogP contribution in [-0.4, -0.2) is 47.4 Å². The molecule has 1 spiro atoms. The molecule has 0 amide bonds. The lowest BCUT2D eigenvalue weighted by Gasteiger charge is -2.35. The standard InChI is InChI=1S/C24H27N3O3/c1-28-20-7-3-18(4-8-20)14-26-12-11-24(16-26)17-27-22(13-25-23(27)15-30-24)19-5-9-21(29-2)10-6-19/h3-10,13H,11-12,14-17H2,1-2H3. The predicted octanol–water partition coefficient (Wildman–Crippen LogP) is 3.74. The highest BCUT2D eigenvalue weighted by atomic mass is 16.5. The van der Waals surface area contributed by atoms with Gasteiger partial charge in [-0.15, -0.1) is 0 Å². The summed E-state index contributed by atoms with van der Waals surface area (Å²) in [5.74, 6) is 2.76. The van der Waals surface area contributed by atoms with Crippen LogP contribution in [0.2, 0.25) is 0 Å². The zero-order chi connectivity index (χ0) is 20.6. The Balaban J connectivity index is 1.32. The van der Waals surface area contributed by atoms with Gasteiger partial charge in [0.2, 0.25) is 0 Å². The molecule has 3 aromatic rings. The van der Waals surface area contributed by atoms with E-state index < -0.39 is 0 Å². The van der Waals surface area contributed by atoms with E-state index in [1.807, 2.05) is 30.5 Å². The molecule has 30 heavy (non-hydrogen) atoms. The van der Waals surface area contributed by atoms with Crippen LogP contribution in [0.25, 0.3) is 11.3 Å².